The molecule has 26 heavy (non-hydrogen) atoms. The molecule has 4 aromatic rings. The molecule has 6 heteroatoms. The molecule has 0 saturated carbocycles. The number of nitrogens with zero attached hydrogens (tertiary/aromatic N) is 3. The van der Waals surface area contributed by atoms with Gasteiger partial charge in [0.1, 0.15) is 5.75 Å². The van der Waals surface area contributed by atoms with Crippen molar-refractivity contribution in [3.05, 3.63) is 74.5 Å². The van der Waals surface area contributed by atoms with Crippen molar-refractivity contribution in [2.45, 2.75) is 13.8 Å². The van der Waals surface area contributed by atoms with Crippen molar-refractivity contribution in [2.75, 3.05) is 6.61 Å². The van der Waals surface area contributed by atoms with Crippen molar-refractivity contribution in [3.8, 4) is 17.1 Å². The number of aromatic nitrogens is 3. The number of hydrogen-bond acceptors (Lipinski definition) is 5. The lowest BCUT2D eigenvalue weighted by molar-refractivity contribution is 0.340. The quantitative estimate of drug-likeness (QED) is 0.559. The van der Waals surface area contributed by atoms with Crippen LogP contribution in [0.2, 0.25) is 0 Å². The van der Waals surface area contributed by atoms with Crippen LogP contribution < -0.4 is 14.8 Å². The highest BCUT2D eigenvalue weighted by Gasteiger charge is 2.13. The Labute approximate surface area is 154 Å². The second-order valence-corrected chi connectivity index (χ2v) is 6.93. The monoisotopic (exact) mass is 363 g/mol. The Kier molecular flexibility index (Phi) is 4.26. The first-order valence-electron chi connectivity index (χ1n) is 8.35. The molecule has 0 bridgehead atoms. The standard InChI is InChI=1S/C20H17N3O2S/c1-3-25-16-10-6-14(7-11-16)12-17-19(24)23-18(21-22-20(23)26-17)15-8-4-13(2)5-9-15/h4-12H,3H2,1-2H3. The van der Waals surface area contributed by atoms with Gasteiger partial charge < -0.3 is 4.74 Å². The molecule has 0 N–H and O–H groups in total. The van der Waals surface area contributed by atoms with Crippen LogP contribution in [0.5, 0.6) is 5.75 Å². The molecule has 5 nitrogen and oxygen atoms in total. The predicted molar refractivity (Wildman–Crippen MR) is 104 cm³/mol. The summed E-state index contributed by atoms with van der Waals surface area (Å²) in [7, 11) is 0. The minimum absolute atomic E-state index is 0.0977. The average Bonchev–Trinajstić information content (AvgIpc) is 3.19. The van der Waals surface area contributed by atoms with Gasteiger partial charge in [0.15, 0.2) is 5.82 Å². The van der Waals surface area contributed by atoms with Gasteiger partial charge in [-0.3, -0.25) is 4.79 Å². The first-order chi connectivity index (χ1) is 12.7. The lowest BCUT2D eigenvalue weighted by Crippen LogP contribution is -2.23. The normalized spacial score (nSPS) is 12.0. The summed E-state index contributed by atoms with van der Waals surface area (Å²) in [5, 5.41) is 8.36. The Morgan fingerprint density at radius 3 is 2.50 bits per heavy atom. The number of ether oxygens (including phenoxy) is 1. The maximum Gasteiger partial charge on any atom is 0.276 e. The largest absolute Gasteiger partial charge is 0.494 e. The number of thiazole rings is 1. The zero-order valence-electron chi connectivity index (χ0n) is 14.5. The van der Waals surface area contributed by atoms with Crippen LogP contribution >= 0.6 is 11.3 Å². The second-order valence-electron chi connectivity index (χ2n) is 5.93. The molecule has 4 rings (SSSR count). The third-order valence-electron chi connectivity index (χ3n) is 4.05. The minimum atomic E-state index is -0.0977. The van der Waals surface area contributed by atoms with Crippen LogP contribution in [-0.2, 0) is 0 Å². The molecule has 0 saturated heterocycles. The van der Waals surface area contributed by atoms with E-state index in [2.05, 4.69) is 10.2 Å². The van der Waals surface area contributed by atoms with Crippen molar-refractivity contribution in [3.63, 3.8) is 0 Å². The van der Waals surface area contributed by atoms with Gasteiger partial charge in [-0.25, -0.2) is 4.40 Å². The SMILES string of the molecule is CCOc1ccc(C=c2sc3nnc(-c4ccc(C)cc4)n3c2=O)cc1. The molecule has 0 atom stereocenters. The zero-order chi connectivity index (χ0) is 18.1. The van der Waals surface area contributed by atoms with Gasteiger partial charge in [-0.1, -0.05) is 53.3 Å². The minimum Gasteiger partial charge on any atom is -0.494 e. The fourth-order valence-electron chi connectivity index (χ4n) is 2.73. The van der Waals surface area contributed by atoms with E-state index in [1.807, 2.05) is 68.5 Å². The summed E-state index contributed by atoms with van der Waals surface area (Å²) in [6.07, 6.45) is 1.87. The molecule has 130 valence electrons. The van der Waals surface area contributed by atoms with Gasteiger partial charge in [0.25, 0.3) is 5.56 Å². The van der Waals surface area contributed by atoms with Crippen LogP contribution in [0.3, 0.4) is 0 Å². The van der Waals surface area contributed by atoms with E-state index in [1.165, 1.54) is 11.3 Å². The highest BCUT2D eigenvalue weighted by atomic mass is 32.1. The summed E-state index contributed by atoms with van der Waals surface area (Å²) in [6.45, 7) is 4.60. The summed E-state index contributed by atoms with van der Waals surface area (Å²) >= 11 is 1.34. The summed E-state index contributed by atoms with van der Waals surface area (Å²) in [6, 6.07) is 15.6. The summed E-state index contributed by atoms with van der Waals surface area (Å²) in [5.74, 6) is 1.39. The van der Waals surface area contributed by atoms with Crippen LogP contribution in [0, 0.1) is 6.92 Å². The van der Waals surface area contributed by atoms with E-state index in [-0.39, 0.29) is 5.56 Å². The van der Waals surface area contributed by atoms with Crippen molar-refractivity contribution >= 4 is 22.4 Å². The summed E-state index contributed by atoms with van der Waals surface area (Å²) in [4.78, 5) is 13.5. The van der Waals surface area contributed by atoms with Gasteiger partial charge >= 0.3 is 0 Å². The molecule has 0 unspecified atom stereocenters. The van der Waals surface area contributed by atoms with Crippen molar-refractivity contribution in [1.82, 2.24) is 14.6 Å². The Morgan fingerprint density at radius 2 is 1.81 bits per heavy atom. The molecule has 2 heterocycles. The topological polar surface area (TPSA) is 56.5 Å². The van der Waals surface area contributed by atoms with Crippen molar-refractivity contribution in [1.29, 1.82) is 0 Å². The van der Waals surface area contributed by atoms with Gasteiger partial charge in [-0.05, 0) is 37.6 Å². The Hall–Kier alpha value is -2.99. The van der Waals surface area contributed by atoms with Crippen LogP contribution in [-0.4, -0.2) is 21.2 Å². The average molecular weight is 363 g/mol. The Bertz CT molecular complexity index is 1160. The number of fused-ring (bicyclic) bond motifs is 1. The highest BCUT2D eigenvalue weighted by molar-refractivity contribution is 7.15. The molecular weight excluding hydrogens is 346 g/mol. The molecule has 0 spiro atoms. The smallest absolute Gasteiger partial charge is 0.276 e. The van der Waals surface area contributed by atoms with Gasteiger partial charge in [-0.15, -0.1) is 10.2 Å². The molecule has 0 amide bonds. The second kappa shape index (κ2) is 6.72. The molecular formula is C20H17N3O2S. The van der Waals surface area contributed by atoms with Crippen LogP contribution in [0.15, 0.2) is 53.3 Å². The van der Waals surface area contributed by atoms with E-state index >= 15 is 0 Å². The van der Waals surface area contributed by atoms with Gasteiger partial charge in [-0.2, -0.15) is 0 Å². The molecule has 0 aliphatic carbocycles. The summed E-state index contributed by atoms with van der Waals surface area (Å²) < 4.78 is 7.66. The molecule has 0 aliphatic heterocycles. The lowest BCUT2D eigenvalue weighted by Gasteiger charge is -2.01. The Balaban J connectivity index is 1.79. The van der Waals surface area contributed by atoms with E-state index in [9.17, 15) is 4.79 Å². The molecule has 0 aliphatic rings. The lowest BCUT2D eigenvalue weighted by atomic mass is 10.1. The predicted octanol–water partition coefficient (Wildman–Crippen LogP) is 3.07. The van der Waals surface area contributed by atoms with Crippen LogP contribution in [0.1, 0.15) is 18.1 Å². The maximum atomic E-state index is 12.9. The number of aryl methyl sites for hydroxylation is 1. The number of hydrogen-bond donors (Lipinski definition) is 0. The van der Waals surface area contributed by atoms with Gasteiger partial charge in [0, 0.05) is 5.56 Å². The van der Waals surface area contributed by atoms with Gasteiger partial charge in [0.2, 0.25) is 4.96 Å². The molecule has 2 aromatic heterocycles. The Morgan fingerprint density at radius 1 is 1.08 bits per heavy atom. The maximum absolute atomic E-state index is 12.9. The summed E-state index contributed by atoms with van der Waals surface area (Å²) in [5.41, 5.74) is 2.89. The molecule has 2 aromatic carbocycles. The third-order valence-corrected chi connectivity index (χ3v) is 5.01. The van der Waals surface area contributed by atoms with E-state index < -0.39 is 0 Å². The fourth-order valence-corrected chi connectivity index (χ4v) is 3.64. The molecule has 0 radical (unpaired) electrons. The fraction of sp³-hybridized carbons (Fsp3) is 0.150. The van der Waals surface area contributed by atoms with Crippen LogP contribution in [0.4, 0.5) is 0 Å². The van der Waals surface area contributed by atoms with Crippen LogP contribution in [0.25, 0.3) is 22.4 Å². The molecule has 0 fully saturated rings. The van der Waals surface area contributed by atoms with Crippen molar-refractivity contribution < 1.29 is 4.74 Å². The van der Waals surface area contributed by atoms with E-state index in [0.29, 0.717) is 21.9 Å². The third kappa shape index (κ3) is 2.99. The first kappa shape index (κ1) is 16.5. The van der Waals surface area contributed by atoms with Gasteiger partial charge in [0.05, 0.1) is 11.1 Å². The van der Waals surface area contributed by atoms with Crippen molar-refractivity contribution in [2.24, 2.45) is 0 Å². The first-order valence-corrected chi connectivity index (χ1v) is 9.17. The number of rotatable bonds is 4. The van der Waals surface area contributed by atoms with E-state index in [4.69, 9.17) is 4.74 Å². The zero-order valence-corrected chi connectivity index (χ0v) is 15.3. The highest BCUT2D eigenvalue weighted by Crippen LogP contribution is 2.18. The van der Waals surface area contributed by atoms with E-state index in [0.717, 1.165) is 22.4 Å². The number of benzene rings is 2. The van der Waals surface area contributed by atoms with E-state index in [1.54, 1.807) is 4.40 Å².